The van der Waals surface area contributed by atoms with Gasteiger partial charge in [-0.15, -0.1) is 23.1 Å². The number of rotatable bonds is 5. The molecule has 0 saturated carbocycles. The van der Waals surface area contributed by atoms with Gasteiger partial charge >= 0.3 is 0 Å². The summed E-state index contributed by atoms with van der Waals surface area (Å²) in [6.07, 6.45) is 0. The molecule has 102 valence electrons. The Morgan fingerprint density at radius 3 is 2.68 bits per heavy atom. The molecule has 0 saturated heterocycles. The molecule has 0 aliphatic heterocycles. The van der Waals surface area contributed by atoms with Crippen molar-refractivity contribution in [3.05, 3.63) is 56.2 Å². The van der Waals surface area contributed by atoms with Crippen LogP contribution in [0.25, 0.3) is 0 Å². The van der Waals surface area contributed by atoms with Gasteiger partial charge in [0.1, 0.15) is 0 Å². The summed E-state index contributed by atoms with van der Waals surface area (Å²) in [6, 6.07) is 10.9. The van der Waals surface area contributed by atoms with Gasteiger partial charge in [0.15, 0.2) is 0 Å². The average Bonchev–Trinajstić information content (AvgIpc) is 2.78. The van der Waals surface area contributed by atoms with Crippen molar-refractivity contribution in [3.8, 4) is 0 Å². The van der Waals surface area contributed by atoms with Crippen LogP contribution in [0.3, 0.4) is 0 Å². The molecule has 0 amide bonds. The molecule has 1 aromatic carbocycles. The van der Waals surface area contributed by atoms with E-state index < -0.39 is 0 Å². The van der Waals surface area contributed by atoms with E-state index in [1.807, 2.05) is 11.8 Å². The smallest absolute Gasteiger partial charge is 0.0543 e. The predicted molar refractivity (Wildman–Crippen MR) is 90.9 cm³/mol. The zero-order valence-electron chi connectivity index (χ0n) is 11.1. The molecule has 0 aliphatic carbocycles. The topological polar surface area (TPSA) is 26.0 Å². The standard InChI is InChI=1S/C15H18BrNS2/c1-10-5-3-4-6-12(10)8-19-15(11(2)17)14-7-13(16)9-18-14/h3-7,9,11,15H,8,17H2,1-2H3. The predicted octanol–water partition coefficient (Wildman–Crippen LogP) is 5.14. The van der Waals surface area contributed by atoms with E-state index >= 15 is 0 Å². The van der Waals surface area contributed by atoms with Crippen molar-refractivity contribution in [3.63, 3.8) is 0 Å². The second-order valence-electron chi connectivity index (χ2n) is 4.68. The van der Waals surface area contributed by atoms with Crippen LogP contribution in [0.1, 0.15) is 28.2 Å². The summed E-state index contributed by atoms with van der Waals surface area (Å²) in [5.41, 5.74) is 8.90. The maximum Gasteiger partial charge on any atom is 0.0543 e. The highest BCUT2D eigenvalue weighted by atomic mass is 79.9. The number of hydrogen-bond acceptors (Lipinski definition) is 3. The fraction of sp³-hybridized carbons (Fsp3) is 0.333. The van der Waals surface area contributed by atoms with E-state index in [0.717, 1.165) is 10.2 Å². The third kappa shape index (κ3) is 4.09. The van der Waals surface area contributed by atoms with Gasteiger partial charge in [0.25, 0.3) is 0 Å². The summed E-state index contributed by atoms with van der Waals surface area (Å²) >= 11 is 7.22. The quantitative estimate of drug-likeness (QED) is 0.803. The SMILES string of the molecule is Cc1ccccc1CSC(c1cc(Br)cs1)C(C)N. The zero-order chi connectivity index (χ0) is 13.8. The molecule has 0 radical (unpaired) electrons. The second kappa shape index (κ2) is 6.93. The van der Waals surface area contributed by atoms with Crippen LogP contribution in [0.5, 0.6) is 0 Å². The van der Waals surface area contributed by atoms with Gasteiger partial charge in [-0.3, -0.25) is 0 Å². The Labute approximate surface area is 131 Å². The molecule has 2 rings (SSSR count). The lowest BCUT2D eigenvalue weighted by molar-refractivity contribution is 0.729. The fourth-order valence-electron chi connectivity index (χ4n) is 1.92. The van der Waals surface area contributed by atoms with E-state index in [-0.39, 0.29) is 6.04 Å². The molecule has 2 atom stereocenters. The Kier molecular flexibility index (Phi) is 5.51. The van der Waals surface area contributed by atoms with Crippen LogP contribution in [-0.4, -0.2) is 6.04 Å². The molecule has 2 aromatic rings. The van der Waals surface area contributed by atoms with E-state index in [9.17, 15) is 0 Å². The zero-order valence-corrected chi connectivity index (χ0v) is 14.3. The molecule has 1 heterocycles. The molecule has 4 heteroatoms. The van der Waals surface area contributed by atoms with Gasteiger partial charge in [-0.2, -0.15) is 0 Å². The van der Waals surface area contributed by atoms with E-state index in [0.29, 0.717) is 5.25 Å². The Morgan fingerprint density at radius 1 is 1.37 bits per heavy atom. The van der Waals surface area contributed by atoms with Crippen molar-refractivity contribution >= 4 is 39.0 Å². The van der Waals surface area contributed by atoms with E-state index in [4.69, 9.17) is 5.73 Å². The highest BCUT2D eigenvalue weighted by molar-refractivity contribution is 9.10. The Morgan fingerprint density at radius 2 is 2.11 bits per heavy atom. The van der Waals surface area contributed by atoms with Gasteiger partial charge in [0.05, 0.1) is 5.25 Å². The second-order valence-corrected chi connectivity index (χ2v) is 7.67. The molecule has 0 aliphatic rings. The summed E-state index contributed by atoms with van der Waals surface area (Å²) in [6.45, 7) is 4.25. The minimum atomic E-state index is 0.152. The molecule has 0 bridgehead atoms. The van der Waals surface area contributed by atoms with Crippen molar-refractivity contribution in [2.75, 3.05) is 0 Å². The molecule has 0 spiro atoms. The Bertz CT molecular complexity index is 536. The Hall–Kier alpha value is -0.290. The number of hydrogen-bond donors (Lipinski definition) is 1. The number of halogens is 1. The molecule has 0 fully saturated rings. The van der Waals surface area contributed by atoms with Crippen LogP contribution in [0, 0.1) is 6.92 Å². The van der Waals surface area contributed by atoms with Gasteiger partial charge in [-0.25, -0.2) is 0 Å². The van der Waals surface area contributed by atoms with Gasteiger partial charge in [0.2, 0.25) is 0 Å². The summed E-state index contributed by atoms with van der Waals surface area (Å²) in [5, 5.41) is 2.48. The number of thioether (sulfide) groups is 1. The summed E-state index contributed by atoms with van der Waals surface area (Å²) in [4.78, 5) is 1.35. The number of benzene rings is 1. The molecular weight excluding hydrogens is 338 g/mol. The van der Waals surface area contributed by atoms with E-state index in [2.05, 4.69) is 65.5 Å². The van der Waals surface area contributed by atoms with Gasteiger partial charge < -0.3 is 5.73 Å². The largest absolute Gasteiger partial charge is 0.327 e. The van der Waals surface area contributed by atoms with Gasteiger partial charge in [-0.05, 0) is 47.0 Å². The van der Waals surface area contributed by atoms with Crippen molar-refractivity contribution < 1.29 is 0 Å². The molecule has 19 heavy (non-hydrogen) atoms. The van der Waals surface area contributed by atoms with Crippen molar-refractivity contribution in [2.24, 2.45) is 5.73 Å². The average molecular weight is 356 g/mol. The van der Waals surface area contributed by atoms with Crippen LogP contribution < -0.4 is 5.73 Å². The first-order chi connectivity index (χ1) is 9.08. The monoisotopic (exact) mass is 355 g/mol. The molecular formula is C15H18BrNS2. The minimum Gasteiger partial charge on any atom is -0.327 e. The molecule has 2 N–H and O–H groups in total. The third-order valence-corrected chi connectivity index (χ3v) is 6.47. The van der Waals surface area contributed by atoms with E-state index in [1.165, 1.54) is 16.0 Å². The molecule has 1 nitrogen and oxygen atoms in total. The highest BCUT2D eigenvalue weighted by Gasteiger charge is 2.19. The van der Waals surface area contributed by atoms with Crippen LogP contribution in [0.2, 0.25) is 0 Å². The number of aryl methyl sites for hydroxylation is 1. The van der Waals surface area contributed by atoms with Crippen LogP contribution in [0.15, 0.2) is 40.2 Å². The maximum absolute atomic E-state index is 6.15. The number of nitrogens with two attached hydrogens (primary N) is 1. The van der Waals surface area contributed by atoms with E-state index in [1.54, 1.807) is 11.3 Å². The lowest BCUT2D eigenvalue weighted by Crippen LogP contribution is -2.22. The van der Waals surface area contributed by atoms with Crippen molar-refractivity contribution in [1.29, 1.82) is 0 Å². The highest BCUT2D eigenvalue weighted by Crippen LogP contribution is 2.38. The lowest BCUT2D eigenvalue weighted by Gasteiger charge is -2.19. The summed E-state index contributed by atoms with van der Waals surface area (Å²) < 4.78 is 1.15. The third-order valence-electron chi connectivity index (χ3n) is 3.03. The van der Waals surface area contributed by atoms with Crippen molar-refractivity contribution in [1.82, 2.24) is 0 Å². The normalized spacial score (nSPS) is 14.3. The van der Waals surface area contributed by atoms with Gasteiger partial charge in [0, 0.05) is 26.5 Å². The first-order valence-corrected chi connectivity index (χ1v) is 8.95. The fourth-order valence-corrected chi connectivity index (χ4v) is 5.05. The lowest BCUT2D eigenvalue weighted by atomic mass is 10.1. The molecule has 1 aromatic heterocycles. The Balaban J connectivity index is 2.08. The first-order valence-electron chi connectivity index (χ1n) is 6.23. The van der Waals surface area contributed by atoms with Crippen LogP contribution in [-0.2, 0) is 5.75 Å². The summed E-state index contributed by atoms with van der Waals surface area (Å²) in [5.74, 6) is 1.01. The van der Waals surface area contributed by atoms with Crippen LogP contribution >= 0.6 is 39.0 Å². The van der Waals surface area contributed by atoms with Crippen LogP contribution in [0.4, 0.5) is 0 Å². The molecule has 2 unspecified atom stereocenters. The maximum atomic E-state index is 6.15. The first kappa shape index (κ1) is 15.1. The van der Waals surface area contributed by atoms with Crippen molar-refractivity contribution in [2.45, 2.75) is 30.9 Å². The van der Waals surface area contributed by atoms with Gasteiger partial charge in [-0.1, -0.05) is 24.3 Å². The number of thiophene rings is 1. The summed E-state index contributed by atoms with van der Waals surface area (Å²) in [7, 11) is 0. The minimum absolute atomic E-state index is 0.152.